The van der Waals surface area contributed by atoms with Gasteiger partial charge in [0.15, 0.2) is 0 Å². The number of halogens is 1. The summed E-state index contributed by atoms with van der Waals surface area (Å²) < 4.78 is 5.86. The predicted molar refractivity (Wildman–Crippen MR) is 89.3 cm³/mol. The molecule has 1 aromatic heterocycles. The van der Waals surface area contributed by atoms with Gasteiger partial charge >= 0.3 is 0 Å². The summed E-state index contributed by atoms with van der Waals surface area (Å²) in [5, 5.41) is 10.1. The zero-order valence-corrected chi connectivity index (χ0v) is 13.7. The molecule has 0 atom stereocenters. The second-order valence-corrected chi connectivity index (χ2v) is 6.43. The first-order valence-electron chi connectivity index (χ1n) is 7.36. The smallest absolute Gasteiger partial charge is 0.132 e. The average molecular weight is 324 g/mol. The Labute approximate surface area is 135 Å². The molecule has 1 aromatic rings. The monoisotopic (exact) mass is 323 g/mol. The van der Waals surface area contributed by atoms with Crippen molar-refractivity contribution in [1.29, 1.82) is 0 Å². The lowest BCUT2D eigenvalue weighted by molar-refractivity contribution is 0.0739. The molecule has 0 spiro atoms. The van der Waals surface area contributed by atoms with Crippen LogP contribution >= 0.6 is 11.6 Å². The third-order valence-corrected chi connectivity index (χ3v) is 3.43. The summed E-state index contributed by atoms with van der Waals surface area (Å²) in [7, 11) is 0. The van der Waals surface area contributed by atoms with Gasteiger partial charge in [-0.1, -0.05) is 11.6 Å². The second kappa shape index (κ2) is 7.11. The van der Waals surface area contributed by atoms with Gasteiger partial charge in [-0.05, 0) is 33.1 Å². The zero-order valence-electron chi connectivity index (χ0n) is 12.9. The Bertz CT molecular complexity index is 575. The molecular formula is C16H22ClN3O2. The van der Waals surface area contributed by atoms with Crippen LogP contribution in [0.25, 0.3) is 5.57 Å². The molecule has 3 N–H and O–H groups in total. The largest absolute Gasteiger partial charge is 0.490 e. The van der Waals surface area contributed by atoms with Crippen molar-refractivity contribution in [1.82, 2.24) is 4.98 Å². The molecule has 0 radical (unpaired) electrons. The summed E-state index contributed by atoms with van der Waals surface area (Å²) in [6.45, 7) is 4.03. The van der Waals surface area contributed by atoms with Crippen LogP contribution < -0.4 is 10.5 Å². The molecule has 1 fully saturated rings. The molecular weight excluding hydrogens is 302 g/mol. The fraction of sp³-hybridized carbons (Fsp3) is 0.500. The standard InChI is InChI=1S/C16H22ClN3O2/c1-16(2,21)5-6-19-9-11(8-18)13-10-20-15(17)7-14(13)22-12-3-4-12/h7-10,12,21H,3-6,18H2,1-2H3/b11-8+,19-9?. The van der Waals surface area contributed by atoms with Crippen molar-refractivity contribution in [3.8, 4) is 5.75 Å². The van der Waals surface area contributed by atoms with Crippen molar-refractivity contribution in [2.45, 2.75) is 44.8 Å². The lowest BCUT2D eigenvalue weighted by Crippen LogP contribution is -2.19. The Hall–Kier alpha value is -1.59. The van der Waals surface area contributed by atoms with Crippen LogP contribution in [0.15, 0.2) is 23.5 Å². The topological polar surface area (TPSA) is 80.7 Å². The molecule has 2 rings (SSSR count). The van der Waals surface area contributed by atoms with Crippen LogP contribution in [0.5, 0.6) is 5.75 Å². The Kier molecular flexibility index (Phi) is 5.42. The van der Waals surface area contributed by atoms with Crippen molar-refractivity contribution < 1.29 is 9.84 Å². The Morgan fingerprint density at radius 1 is 1.59 bits per heavy atom. The first kappa shape index (κ1) is 16.8. The van der Waals surface area contributed by atoms with E-state index in [0.717, 1.165) is 24.0 Å². The van der Waals surface area contributed by atoms with Crippen molar-refractivity contribution in [3.05, 3.63) is 29.2 Å². The van der Waals surface area contributed by atoms with E-state index in [-0.39, 0.29) is 6.10 Å². The first-order chi connectivity index (χ1) is 10.4. The quantitative estimate of drug-likeness (QED) is 0.597. The molecule has 1 saturated carbocycles. The van der Waals surface area contributed by atoms with Crippen molar-refractivity contribution >= 4 is 23.4 Å². The summed E-state index contributed by atoms with van der Waals surface area (Å²) >= 11 is 5.94. The van der Waals surface area contributed by atoms with Crippen LogP contribution in [-0.4, -0.2) is 34.6 Å². The van der Waals surface area contributed by atoms with Crippen LogP contribution in [0.4, 0.5) is 0 Å². The summed E-state index contributed by atoms with van der Waals surface area (Å²) in [4.78, 5) is 8.40. The number of aromatic nitrogens is 1. The molecule has 1 aliphatic carbocycles. The normalized spacial score (nSPS) is 16.3. The summed E-state index contributed by atoms with van der Waals surface area (Å²) in [5.74, 6) is 0.674. The van der Waals surface area contributed by atoms with Gasteiger partial charge in [0.25, 0.3) is 0 Å². The Morgan fingerprint density at radius 2 is 2.32 bits per heavy atom. The maximum Gasteiger partial charge on any atom is 0.132 e. The minimum atomic E-state index is -0.730. The van der Waals surface area contributed by atoms with Crippen LogP contribution in [0.3, 0.4) is 0 Å². The molecule has 22 heavy (non-hydrogen) atoms. The fourth-order valence-corrected chi connectivity index (χ4v) is 1.94. The molecule has 0 saturated heterocycles. The summed E-state index contributed by atoms with van der Waals surface area (Å²) in [6, 6.07) is 1.70. The highest BCUT2D eigenvalue weighted by Crippen LogP contribution is 2.32. The third kappa shape index (κ3) is 5.31. The number of nitrogens with zero attached hydrogens (tertiary/aromatic N) is 2. The highest BCUT2D eigenvalue weighted by molar-refractivity contribution is 6.29. The number of nitrogens with two attached hydrogens (primary N) is 1. The van der Waals surface area contributed by atoms with E-state index in [9.17, 15) is 5.11 Å². The van der Waals surface area contributed by atoms with E-state index in [4.69, 9.17) is 22.1 Å². The number of pyridine rings is 1. The number of aliphatic imine (C=N–C) groups is 1. The number of hydrogen-bond donors (Lipinski definition) is 2. The maximum absolute atomic E-state index is 9.68. The molecule has 0 aromatic carbocycles. The molecule has 120 valence electrons. The highest BCUT2D eigenvalue weighted by atomic mass is 35.5. The third-order valence-electron chi connectivity index (χ3n) is 3.22. The Balaban J connectivity index is 2.11. The second-order valence-electron chi connectivity index (χ2n) is 6.04. The highest BCUT2D eigenvalue weighted by Gasteiger charge is 2.25. The lowest BCUT2D eigenvalue weighted by atomic mass is 10.1. The zero-order chi connectivity index (χ0) is 16.2. The fourth-order valence-electron chi connectivity index (χ4n) is 1.80. The van der Waals surface area contributed by atoms with E-state index < -0.39 is 5.60 Å². The van der Waals surface area contributed by atoms with Crippen LogP contribution in [0.2, 0.25) is 5.15 Å². The van der Waals surface area contributed by atoms with Crippen molar-refractivity contribution in [3.63, 3.8) is 0 Å². The van der Waals surface area contributed by atoms with Gasteiger partial charge in [-0.25, -0.2) is 4.98 Å². The van der Waals surface area contributed by atoms with Gasteiger partial charge in [-0.15, -0.1) is 0 Å². The molecule has 5 nitrogen and oxygen atoms in total. The van der Waals surface area contributed by atoms with Crippen LogP contribution in [-0.2, 0) is 0 Å². The van der Waals surface area contributed by atoms with Gasteiger partial charge in [0.2, 0.25) is 0 Å². The number of allylic oxidation sites excluding steroid dienone is 1. The van der Waals surface area contributed by atoms with E-state index in [0.29, 0.717) is 23.9 Å². The lowest BCUT2D eigenvalue weighted by Gasteiger charge is -2.14. The average Bonchev–Trinajstić information content (AvgIpc) is 3.23. The molecule has 1 heterocycles. The van der Waals surface area contributed by atoms with Gasteiger partial charge in [-0.2, -0.15) is 0 Å². The number of hydrogen-bond acceptors (Lipinski definition) is 5. The summed E-state index contributed by atoms with van der Waals surface area (Å²) in [6.07, 6.45) is 7.73. The van der Waals surface area contributed by atoms with E-state index in [1.165, 1.54) is 6.20 Å². The molecule has 0 aliphatic heterocycles. The van der Waals surface area contributed by atoms with Crippen LogP contribution in [0.1, 0.15) is 38.7 Å². The minimum absolute atomic E-state index is 0.253. The number of ether oxygens (including phenoxy) is 1. The van der Waals surface area contributed by atoms with E-state index >= 15 is 0 Å². The number of aliphatic hydroxyl groups is 1. The van der Waals surface area contributed by atoms with E-state index in [1.807, 2.05) is 0 Å². The van der Waals surface area contributed by atoms with Crippen LogP contribution in [0, 0.1) is 0 Å². The van der Waals surface area contributed by atoms with Gasteiger partial charge in [0, 0.05) is 42.4 Å². The van der Waals surface area contributed by atoms with E-state index in [2.05, 4.69) is 9.98 Å². The Morgan fingerprint density at radius 3 is 2.91 bits per heavy atom. The molecule has 0 unspecified atom stereocenters. The summed E-state index contributed by atoms with van der Waals surface area (Å²) in [5.41, 5.74) is 6.46. The van der Waals surface area contributed by atoms with Gasteiger partial charge in [0.05, 0.1) is 11.7 Å². The molecule has 0 amide bonds. The molecule has 0 bridgehead atoms. The molecule has 6 heteroatoms. The SMILES string of the molecule is CC(C)(O)CCN=C/C(=C\N)c1cnc(Cl)cc1OC1CC1. The van der Waals surface area contributed by atoms with Crippen molar-refractivity contribution in [2.24, 2.45) is 10.7 Å². The van der Waals surface area contributed by atoms with Gasteiger partial charge in [-0.3, -0.25) is 4.99 Å². The van der Waals surface area contributed by atoms with Crippen molar-refractivity contribution in [2.75, 3.05) is 6.54 Å². The molecule has 1 aliphatic rings. The first-order valence-corrected chi connectivity index (χ1v) is 7.73. The van der Waals surface area contributed by atoms with Gasteiger partial charge < -0.3 is 15.6 Å². The van der Waals surface area contributed by atoms with Gasteiger partial charge in [0.1, 0.15) is 10.9 Å². The maximum atomic E-state index is 9.68. The van der Waals surface area contributed by atoms with E-state index in [1.54, 1.807) is 32.3 Å². The minimum Gasteiger partial charge on any atom is -0.490 e. The number of rotatable bonds is 7. The predicted octanol–water partition coefficient (Wildman–Crippen LogP) is 2.81.